The Morgan fingerprint density at radius 2 is 2.12 bits per heavy atom. The monoisotopic (exact) mass is 240 g/mol. The molecule has 0 amide bonds. The Balaban J connectivity index is 2.04. The molecule has 4 nitrogen and oxygen atoms in total. The first-order valence-corrected chi connectivity index (χ1v) is 6.90. The smallest absolute Gasteiger partial charge is 0.324 e. The van der Waals surface area contributed by atoms with Crippen LogP contribution in [0.15, 0.2) is 0 Å². The van der Waals surface area contributed by atoms with E-state index in [2.05, 4.69) is 17.1 Å². The summed E-state index contributed by atoms with van der Waals surface area (Å²) in [6, 6.07) is 0. The van der Waals surface area contributed by atoms with Crippen LogP contribution < -0.4 is 5.32 Å². The fraction of sp³-hybridized carbons (Fsp3) is 0.923. The molecule has 0 radical (unpaired) electrons. The summed E-state index contributed by atoms with van der Waals surface area (Å²) < 4.78 is 0. The van der Waals surface area contributed by atoms with Gasteiger partial charge in [0.1, 0.15) is 5.54 Å². The summed E-state index contributed by atoms with van der Waals surface area (Å²) >= 11 is 0. The number of nitrogens with one attached hydrogen (secondary N) is 1. The van der Waals surface area contributed by atoms with E-state index in [1.54, 1.807) is 0 Å². The maximum absolute atomic E-state index is 11.7. The molecular weight excluding hydrogens is 216 g/mol. The molecule has 98 valence electrons. The lowest BCUT2D eigenvalue weighted by atomic mass is 9.73. The third-order valence-electron chi connectivity index (χ3n) is 4.55. The van der Waals surface area contributed by atoms with E-state index in [1.807, 2.05) is 0 Å². The number of likely N-dealkylation sites (tertiary alicyclic amines) is 1. The molecule has 0 saturated carbocycles. The maximum Gasteiger partial charge on any atom is 0.324 e. The van der Waals surface area contributed by atoms with Crippen molar-refractivity contribution >= 4 is 5.97 Å². The molecule has 2 heterocycles. The van der Waals surface area contributed by atoms with E-state index < -0.39 is 11.5 Å². The molecule has 0 aromatic rings. The lowest BCUT2D eigenvalue weighted by Crippen LogP contribution is -2.61. The van der Waals surface area contributed by atoms with Gasteiger partial charge in [0.05, 0.1) is 0 Å². The average molecular weight is 240 g/mol. The van der Waals surface area contributed by atoms with Gasteiger partial charge in [-0.3, -0.25) is 4.79 Å². The Morgan fingerprint density at radius 3 is 2.59 bits per heavy atom. The maximum atomic E-state index is 11.7. The molecular formula is C13H24N2O2. The van der Waals surface area contributed by atoms with Crippen LogP contribution in [0.5, 0.6) is 0 Å². The van der Waals surface area contributed by atoms with Crippen LogP contribution in [-0.4, -0.2) is 47.7 Å². The Morgan fingerprint density at radius 1 is 1.41 bits per heavy atom. The number of aliphatic carboxylic acids is 1. The first kappa shape index (κ1) is 12.8. The van der Waals surface area contributed by atoms with Crippen LogP contribution in [0.1, 0.15) is 39.0 Å². The van der Waals surface area contributed by atoms with Crippen LogP contribution in [0, 0.1) is 5.92 Å². The van der Waals surface area contributed by atoms with Crippen molar-refractivity contribution in [3.05, 3.63) is 0 Å². The lowest BCUT2D eigenvalue weighted by molar-refractivity contribution is -0.150. The number of hydrogen-bond acceptors (Lipinski definition) is 3. The van der Waals surface area contributed by atoms with Crippen molar-refractivity contribution in [2.75, 3.05) is 26.2 Å². The highest BCUT2D eigenvalue weighted by molar-refractivity contribution is 5.79. The van der Waals surface area contributed by atoms with Gasteiger partial charge in [-0.05, 0) is 64.2 Å². The molecule has 2 fully saturated rings. The predicted octanol–water partition coefficient (Wildman–Crippen LogP) is 1.32. The molecule has 1 atom stereocenters. The van der Waals surface area contributed by atoms with Gasteiger partial charge in [-0.15, -0.1) is 0 Å². The van der Waals surface area contributed by atoms with Crippen LogP contribution in [-0.2, 0) is 4.79 Å². The first-order chi connectivity index (χ1) is 8.19. The average Bonchev–Trinajstić information content (AvgIpc) is 2.39. The number of carboxylic acids is 1. The summed E-state index contributed by atoms with van der Waals surface area (Å²) in [5.74, 6) is -0.324. The van der Waals surface area contributed by atoms with Crippen molar-refractivity contribution in [3.8, 4) is 0 Å². The van der Waals surface area contributed by atoms with E-state index >= 15 is 0 Å². The van der Waals surface area contributed by atoms with E-state index in [-0.39, 0.29) is 0 Å². The highest BCUT2D eigenvalue weighted by atomic mass is 16.4. The van der Waals surface area contributed by atoms with Crippen LogP contribution in [0.25, 0.3) is 0 Å². The summed E-state index contributed by atoms with van der Waals surface area (Å²) in [7, 11) is 0. The minimum Gasteiger partial charge on any atom is -0.480 e. The van der Waals surface area contributed by atoms with Crippen LogP contribution in [0.2, 0.25) is 0 Å². The van der Waals surface area contributed by atoms with E-state index in [9.17, 15) is 9.90 Å². The van der Waals surface area contributed by atoms with Gasteiger partial charge in [0, 0.05) is 0 Å². The van der Waals surface area contributed by atoms with Gasteiger partial charge in [-0.25, -0.2) is 0 Å². The molecule has 0 aromatic heterocycles. The van der Waals surface area contributed by atoms with E-state index in [0.717, 1.165) is 58.3 Å². The fourth-order valence-electron chi connectivity index (χ4n) is 3.38. The molecule has 17 heavy (non-hydrogen) atoms. The summed E-state index contributed by atoms with van der Waals surface area (Å²) in [6.45, 7) is 6.22. The predicted molar refractivity (Wildman–Crippen MR) is 67.1 cm³/mol. The van der Waals surface area contributed by atoms with E-state index in [1.165, 1.54) is 0 Å². The van der Waals surface area contributed by atoms with Crippen molar-refractivity contribution < 1.29 is 9.90 Å². The molecule has 4 heteroatoms. The molecule has 0 aromatic carbocycles. The highest BCUT2D eigenvalue weighted by Gasteiger charge is 2.46. The van der Waals surface area contributed by atoms with Crippen molar-refractivity contribution in [1.82, 2.24) is 10.2 Å². The van der Waals surface area contributed by atoms with Crippen LogP contribution in [0.4, 0.5) is 0 Å². The van der Waals surface area contributed by atoms with Crippen molar-refractivity contribution in [3.63, 3.8) is 0 Å². The molecule has 2 aliphatic rings. The first-order valence-electron chi connectivity index (χ1n) is 6.90. The molecule has 0 aliphatic carbocycles. The Bertz CT molecular complexity index is 267. The number of carboxylic acid groups (broad SMARTS) is 1. The summed E-state index contributed by atoms with van der Waals surface area (Å²) in [6.07, 6.45) is 5.01. The zero-order chi connectivity index (χ0) is 12.3. The van der Waals surface area contributed by atoms with E-state index in [4.69, 9.17) is 0 Å². The van der Waals surface area contributed by atoms with Gasteiger partial charge in [0.15, 0.2) is 0 Å². The number of hydrogen-bond donors (Lipinski definition) is 2. The van der Waals surface area contributed by atoms with Crippen molar-refractivity contribution in [2.24, 2.45) is 5.92 Å². The molecule has 2 N–H and O–H groups in total. The zero-order valence-corrected chi connectivity index (χ0v) is 10.7. The number of carbonyl (C=O) groups is 1. The van der Waals surface area contributed by atoms with Gasteiger partial charge in [-0.1, -0.05) is 6.92 Å². The zero-order valence-electron chi connectivity index (χ0n) is 10.7. The number of rotatable bonds is 3. The molecule has 0 spiro atoms. The SMILES string of the molecule is CCN1CCC(C2(C(=O)O)CCCCN2)CC1. The van der Waals surface area contributed by atoms with Gasteiger partial charge < -0.3 is 15.3 Å². The second-order valence-electron chi connectivity index (χ2n) is 5.37. The van der Waals surface area contributed by atoms with Gasteiger partial charge in [0.25, 0.3) is 0 Å². The minimum atomic E-state index is -0.632. The summed E-state index contributed by atoms with van der Waals surface area (Å²) in [4.78, 5) is 14.1. The molecule has 2 rings (SSSR count). The molecule has 2 aliphatic heterocycles. The Kier molecular flexibility index (Phi) is 4.05. The third-order valence-corrected chi connectivity index (χ3v) is 4.55. The van der Waals surface area contributed by atoms with Gasteiger partial charge in [0.2, 0.25) is 0 Å². The minimum absolute atomic E-state index is 0.308. The third kappa shape index (κ3) is 2.47. The standard InChI is InChI=1S/C13H24N2O2/c1-2-15-9-5-11(6-10-15)13(12(16)17)7-3-4-8-14-13/h11,14H,2-10H2,1H3,(H,16,17). The fourth-order valence-corrected chi connectivity index (χ4v) is 3.38. The molecule has 2 saturated heterocycles. The molecule has 0 bridgehead atoms. The summed E-state index contributed by atoms with van der Waals surface area (Å²) in [5, 5.41) is 12.9. The van der Waals surface area contributed by atoms with Crippen molar-refractivity contribution in [2.45, 2.75) is 44.6 Å². The Hall–Kier alpha value is -0.610. The highest BCUT2D eigenvalue weighted by Crippen LogP contribution is 2.34. The van der Waals surface area contributed by atoms with Gasteiger partial charge in [-0.2, -0.15) is 0 Å². The van der Waals surface area contributed by atoms with Crippen LogP contribution in [0.3, 0.4) is 0 Å². The lowest BCUT2D eigenvalue weighted by Gasteiger charge is -2.44. The quantitative estimate of drug-likeness (QED) is 0.781. The molecule has 1 unspecified atom stereocenters. The summed E-state index contributed by atoms with van der Waals surface area (Å²) in [5.41, 5.74) is -0.627. The van der Waals surface area contributed by atoms with Crippen LogP contribution >= 0.6 is 0 Å². The van der Waals surface area contributed by atoms with Gasteiger partial charge >= 0.3 is 5.97 Å². The number of nitrogens with zero attached hydrogens (tertiary/aromatic N) is 1. The Labute approximate surface area is 103 Å². The number of piperidine rings is 2. The second-order valence-corrected chi connectivity index (χ2v) is 5.37. The second kappa shape index (κ2) is 5.36. The normalized spacial score (nSPS) is 32.5. The topological polar surface area (TPSA) is 52.6 Å². The largest absolute Gasteiger partial charge is 0.480 e. The van der Waals surface area contributed by atoms with Crippen molar-refractivity contribution in [1.29, 1.82) is 0 Å². The van der Waals surface area contributed by atoms with E-state index in [0.29, 0.717) is 5.92 Å².